The first-order chi connectivity index (χ1) is 6.61. The van der Waals surface area contributed by atoms with Crippen LogP contribution in [-0.4, -0.2) is 22.8 Å². The van der Waals surface area contributed by atoms with E-state index >= 15 is 0 Å². The molecule has 0 aromatic carbocycles. The molecule has 0 saturated heterocycles. The van der Waals surface area contributed by atoms with Crippen molar-refractivity contribution in [2.24, 2.45) is 10.4 Å². The van der Waals surface area contributed by atoms with Gasteiger partial charge < -0.3 is 5.11 Å². The summed E-state index contributed by atoms with van der Waals surface area (Å²) in [6.45, 7) is 1.92. The van der Waals surface area contributed by atoms with Gasteiger partial charge in [0, 0.05) is 6.21 Å². The smallest absolute Gasteiger partial charge is 0.312 e. The van der Waals surface area contributed by atoms with E-state index in [4.69, 9.17) is 0 Å². The minimum atomic E-state index is -0.693. The molecule has 3 nitrogen and oxygen atoms in total. The van der Waals surface area contributed by atoms with Gasteiger partial charge in [0.25, 0.3) is 0 Å². The molecule has 1 heterocycles. The van der Waals surface area contributed by atoms with E-state index in [1.54, 1.807) is 6.21 Å². The van der Waals surface area contributed by atoms with E-state index in [0.29, 0.717) is 0 Å². The molecule has 1 saturated carbocycles. The van der Waals surface area contributed by atoms with Gasteiger partial charge in [-0.2, -0.15) is 0 Å². The van der Waals surface area contributed by atoms with Crippen LogP contribution in [0.15, 0.2) is 17.1 Å². The van der Waals surface area contributed by atoms with Gasteiger partial charge in [0.05, 0.1) is 11.0 Å². The second kappa shape index (κ2) is 2.94. The fourth-order valence-corrected chi connectivity index (χ4v) is 2.67. The number of aliphatic carboxylic acids is 1. The van der Waals surface area contributed by atoms with Crippen LogP contribution in [-0.2, 0) is 4.79 Å². The second-order valence-corrected chi connectivity index (χ2v) is 4.38. The van der Waals surface area contributed by atoms with E-state index in [1.165, 1.54) is 0 Å². The molecular weight excluding hydrogens is 178 g/mol. The van der Waals surface area contributed by atoms with Crippen molar-refractivity contribution >= 4 is 12.2 Å². The summed E-state index contributed by atoms with van der Waals surface area (Å²) >= 11 is 0. The number of rotatable bonds is 2. The van der Waals surface area contributed by atoms with Crippen molar-refractivity contribution in [1.82, 2.24) is 0 Å². The molecule has 0 bridgehead atoms. The molecule has 0 spiro atoms. The Morgan fingerprint density at radius 3 is 2.50 bits per heavy atom. The van der Waals surface area contributed by atoms with Gasteiger partial charge in [0.15, 0.2) is 0 Å². The van der Waals surface area contributed by atoms with E-state index in [9.17, 15) is 9.90 Å². The Morgan fingerprint density at radius 1 is 1.43 bits per heavy atom. The number of aliphatic imine (C=N–C) groups is 1. The van der Waals surface area contributed by atoms with Gasteiger partial charge >= 0.3 is 5.97 Å². The number of allylic oxidation sites excluding steroid dienone is 1. The summed E-state index contributed by atoms with van der Waals surface area (Å²) in [5.41, 5.74) is -1.17. The monoisotopic (exact) mass is 193 g/mol. The fraction of sp³-hybridized carbons (Fsp3) is 0.636. The van der Waals surface area contributed by atoms with Crippen LogP contribution in [0.4, 0.5) is 0 Å². The summed E-state index contributed by atoms with van der Waals surface area (Å²) in [6, 6.07) is 0. The van der Waals surface area contributed by atoms with Gasteiger partial charge in [-0.3, -0.25) is 9.79 Å². The van der Waals surface area contributed by atoms with Crippen molar-refractivity contribution in [1.29, 1.82) is 0 Å². The first-order valence-electron chi connectivity index (χ1n) is 5.07. The van der Waals surface area contributed by atoms with Crippen molar-refractivity contribution in [2.75, 3.05) is 0 Å². The van der Waals surface area contributed by atoms with Crippen LogP contribution >= 0.6 is 0 Å². The van der Waals surface area contributed by atoms with Crippen LogP contribution in [0, 0.1) is 5.41 Å². The summed E-state index contributed by atoms with van der Waals surface area (Å²) in [4.78, 5) is 15.7. The molecule has 1 N–H and O–H groups in total. The van der Waals surface area contributed by atoms with E-state index < -0.39 is 16.9 Å². The van der Waals surface area contributed by atoms with Gasteiger partial charge in [-0.25, -0.2) is 0 Å². The highest BCUT2D eigenvalue weighted by molar-refractivity contribution is 5.82. The van der Waals surface area contributed by atoms with Crippen LogP contribution in [0.5, 0.6) is 0 Å². The lowest BCUT2D eigenvalue weighted by molar-refractivity contribution is -0.151. The first kappa shape index (κ1) is 9.44. The Labute approximate surface area is 83.5 Å². The molecule has 2 rings (SSSR count). The van der Waals surface area contributed by atoms with Gasteiger partial charge in [0.2, 0.25) is 0 Å². The Hall–Kier alpha value is -1.12. The predicted octanol–water partition coefficient (Wildman–Crippen LogP) is 2.03. The second-order valence-electron chi connectivity index (χ2n) is 4.38. The SMILES string of the molecule is CC1(C2(C(=O)O)CCCC2)C=CC=N1. The van der Waals surface area contributed by atoms with Crippen LogP contribution in [0.1, 0.15) is 32.6 Å². The Balaban J connectivity index is 2.40. The molecule has 14 heavy (non-hydrogen) atoms. The summed E-state index contributed by atoms with van der Waals surface area (Å²) in [5.74, 6) is -0.693. The average Bonchev–Trinajstić information content (AvgIpc) is 2.72. The van der Waals surface area contributed by atoms with Crippen LogP contribution < -0.4 is 0 Å². The van der Waals surface area contributed by atoms with Crippen LogP contribution in [0.25, 0.3) is 0 Å². The highest BCUT2D eigenvalue weighted by Crippen LogP contribution is 2.50. The number of carboxylic acids is 1. The molecule has 2 aliphatic rings. The van der Waals surface area contributed by atoms with E-state index in [0.717, 1.165) is 25.7 Å². The lowest BCUT2D eigenvalue weighted by Gasteiger charge is -2.36. The number of hydrogen-bond acceptors (Lipinski definition) is 2. The molecule has 3 heteroatoms. The van der Waals surface area contributed by atoms with Crippen molar-refractivity contribution in [3.8, 4) is 0 Å². The zero-order valence-corrected chi connectivity index (χ0v) is 8.36. The van der Waals surface area contributed by atoms with Gasteiger partial charge in [0.1, 0.15) is 0 Å². The maximum Gasteiger partial charge on any atom is 0.312 e. The van der Waals surface area contributed by atoms with Crippen LogP contribution in [0.3, 0.4) is 0 Å². The van der Waals surface area contributed by atoms with E-state index in [-0.39, 0.29) is 0 Å². The zero-order chi connectivity index (χ0) is 10.2. The molecule has 1 aliphatic carbocycles. The van der Waals surface area contributed by atoms with Crippen molar-refractivity contribution in [2.45, 2.75) is 38.1 Å². The third-order valence-electron chi connectivity index (χ3n) is 3.68. The highest BCUT2D eigenvalue weighted by Gasteiger charge is 2.54. The molecule has 1 aliphatic heterocycles. The van der Waals surface area contributed by atoms with Gasteiger partial charge in [-0.05, 0) is 25.8 Å². The third-order valence-corrected chi connectivity index (χ3v) is 3.68. The summed E-state index contributed by atoms with van der Waals surface area (Å²) in [5, 5.41) is 9.38. The Morgan fingerprint density at radius 2 is 2.07 bits per heavy atom. The number of nitrogens with zero attached hydrogens (tertiary/aromatic N) is 1. The largest absolute Gasteiger partial charge is 0.481 e. The van der Waals surface area contributed by atoms with E-state index in [1.807, 2.05) is 19.1 Å². The molecule has 0 amide bonds. The first-order valence-corrected chi connectivity index (χ1v) is 5.07. The highest BCUT2D eigenvalue weighted by atomic mass is 16.4. The van der Waals surface area contributed by atoms with Gasteiger partial charge in [-0.15, -0.1) is 0 Å². The quantitative estimate of drug-likeness (QED) is 0.729. The molecule has 0 radical (unpaired) electrons. The van der Waals surface area contributed by atoms with Crippen molar-refractivity contribution in [3.05, 3.63) is 12.2 Å². The van der Waals surface area contributed by atoms with E-state index in [2.05, 4.69) is 4.99 Å². The standard InChI is InChI=1S/C11H15NO2/c1-10(5-4-8-12-10)11(9(13)14)6-2-3-7-11/h4-5,8H,2-3,6-7H2,1H3,(H,13,14). The summed E-state index contributed by atoms with van der Waals surface area (Å²) < 4.78 is 0. The minimum Gasteiger partial charge on any atom is -0.481 e. The molecule has 1 atom stereocenters. The number of carbonyl (C=O) groups is 1. The Bertz CT molecular complexity index is 299. The molecular formula is C11H15NO2. The maximum absolute atomic E-state index is 11.4. The normalized spacial score (nSPS) is 33.8. The summed E-state index contributed by atoms with van der Waals surface area (Å²) in [6.07, 6.45) is 9.00. The molecule has 0 aromatic rings. The zero-order valence-electron chi connectivity index (χ0n) is 8.36. The minimum absolute atomic E-state index is 0.519. The fourth-order valence-electron chi connectivity index (χ4n) is 2.67. The lowest BCUT2D eigenvalue weighted by Crippen LogP contribution is -2.46. The van der Waals surface area contributed by atoms with Crippen LogP contribution in [0.2, 0.25) is 0 Å². The topological polar surface area (TPSA) is 49.7 Å². The Kier molecular flexibility index (Phi) is 1.98. The number of hydrogen-bond donors (Lipinski definition) is 1. The molecule has 76 valence electrons. The third kappa shape index (κ3) is 1.04. The van der Waals surface area contributed by atoms with Crippen molar-refractivity contribution < 1.29 is 9.90 Å². The lowest BCUT2D eigenvalue weighted by atomic mass is 9.69. The molecule has 1 unspecified atom stereocenters. The van der Waals surface area contributed by atoms with Crippen molar-refractivity contribution in [3.63, 3.8) is 0 Å². The number of carboxylic acid groups (broad SMARTS) is 1. The predicted molar refractivity (Wildman–Crippen MR) is 54.6 cm³/mol. The molecule has 1 fully saturated rings. The summed E-state index contributed by atoms with van der Waals surface area (Å²) in [7, 11) is 0. The average molecular weight is 193 g/mol. The maximum atomic E-state index is 11.4. The van der Waals surface area contributed by atoms with Gasteiger partial charge in [-0.1, -0.05) is 18.9 Å². The molecule has 0 aromatic heterocycles.